The Morgan fingerprint density at radius 3 is 2.10 bits per heavy atom. The molecule has 1 N–H and O–H groups in total. The molecule has 0 heterocycles. The molecule has 0 aliphatic rings. The van der Waals surface area contributed by atoms with Gasteiger partial charge in [-0.2, -0.15) is 0 Å². The van der Waals surface area contributed by atoms with E-state index in [0.29, 0.717) is 6.54 Å². The predicted octanol–water partition coefficient (Wildman–Crippen LogP) is 2.61. The molecule has 1 rings (SSSR count). The van der Waals surface area contributed by atoms with Crippen molar-refractivity contribution in [3.63, 3.8) is 0 Å². The van der Waals surface area contributed by atoms with Gasteiger partial charge in [-0.25, -0.2) is 0 Å². The highest BCUT2D eigenvalue weighted by molar-refractivity contribution is 5.66. The Hall–Kier alpha value is -1.39. The molecule has 0 fully saturated rings. The van der Waals surface area contributed by atoms with Gasteiger partial charge < -0.3 is 10.0 Å². The molecule has 0 atom stereocenters. The molecule has 0 unspecified atom stereocenters. The molecule has 1 aromatic carbocycles. The minimum absolute atomic E-state index is 0.199. The second-order valence-corrected chi connectivity index (χ2v) is 5.43. The summed E-state index contributed by atoms with van der Waals surface area (Å²) in [6.45, 7) is 11.8. The van der Waals surface area contributed by atoms with Crippen molar-refractivity contribution in [1.82, 2.24) is 9.80 Å². The Morgan fingerprint density at radius 1 is 1.00 bits per heavy atom. The lowest BCUT2D eigenvalue weighted by atomic mass is 10.1. The Morgan fingerprint density at radius 2 is 1.57 bits per heavy atom. The Bertz CT molecular complexity index is 413. The number of aliphatic carboxylic acids is 1. The molecule has 0 aromatic heterocycles. The largest absolute Gasteiger partial charge is 0.481 e. The van der Waals surface area contributed by atoms with E-state index >= 15 is 0 Å². The number of benzene rings is 1. The van der Waals surface area contributed by atoms with Crippen LogP contribution in [-0.2, 0) is 11.3 Å². The van der Waals surface area contributed by atoms with Crippen molar-refractivity contribution >= 4 is 5.97 Å². The van der Waals surface area contributed by atoms with Crippen molar-refractivity contribution < 1.29 is 9.90 Å². The molecule has 0 radical (unpaired) electrons. The lowest BCUT2D eigenvalue weighted by Gasteiger charge is -2.26. The highest BCUT2D eigenvalue weighted by Gasteiger charge is 2.10. The summed E-state index contributed by atoms with van der Waals surface area (Å²) in [7, 11) is 0. The number of nitrogens with zero attached hydrogens (tertiary/aromatic N) is 2. The summed E-state index contributed by atoms with van der Waals surface area (Å²) in [6.07, 6.45) is 0.199. The van der Waals surface area contributed by atoms with Crippen LogP contribution < -0.4 is 0 Å². The van der Waals surface area contributed by atoms with Gasteiger partial charge >= 0.3 is 5.97 Å². The van der Waals surface area contributed by atoms with Gasteiger partial charge in [-0.15, -0.1) is 0 Å². The summed E-state index contributed by atoms with van der Waals surface area (Å²) in [4.78, 5) is 15.4. The molecular weight excluding hydrogens is 264 g/mol. The van der Waals surface area contributed by atoms with Gasteiger partial charge in [-0.3, -0.25) is 9.69 Å². The predicted molar refractivity (Wildman–Crippen MR) is 86.5 cm³/mol. The topological polar surface area (TPSA) is 43.8 Å². The second kappa shape index (κ2) is 9.53. The zero-order valence-corrected chi connectivity index (χ0v) is 13.5. The highest BCUT2D eigenvalue weighted by atomic mass is 16.4. The van der Waals surface area contributed by atoms with Gasteiger partial charge in [-0.05, 0) is 25.6 Å². The van der Waals surface area contributed by atoms with Crippen LogP contribution in [0.3, 0.4) is 0 Å². The van der Waals surface area contributed by atoms with Crippen molar-refractivity contribution in [1.29, 1.82) is 0 Å². The van der Waals surface area contributed by atoms with E-state index in [9.17, 15) is 4.79 Å². The first kappa shape index (κ1) is 17.7. The van der Waals surface area contributed by atoms with Crippen LogP contribution in [0.4, 0.5) is 0 Å². The molecule has 4 nitrogen and oxygen atoms in total. The second-order valence-electron chi connectivity index (χ2n) is 5.43. The van der Waals surface area contributed by atoms with E-state index in [1.54, 1.807) is 0 Å². The third-order valence-corrected chi connectivity index (χ3v) is 3.80. The number of carboxylic acids is 1. The molecule has 4 heteroatoms. The molecule has 0 saturated carbocycles. The normalized spacial score (nSPS) is 11.3. The van der Waals surface area contributed by atoms with Crippen LogP contribution in [0.15, 0.2) is 24.3 Å². The molecule has 118 valence electrons. The Kier molecular flexibility index (Phi) is 8.01. The minimum atomic E-state index is -0.730. The zero-order chi connectivity index (χ0) is 15.7. The summed E-state index contributed by atoms with van der Waals surface area (Å²) < 4.78 is 0. The molecule has 1 aromatic rings. The third-order valence-electron chi connectivity index (χ3n) is 3.80. The first-order valence-corrected chi connectivity index (χ1v) is 7.77. The SMILES string of the molecule is CCN(CC)CCN(CCC(=O)O)Cc1ccc(C)cc1. The van der Waals surface area contributed by atoms with Crippen molar-refractivity contribution in [2.75, 3.05) is 32.7 Å². The van der Waals surface area contributed by atoms with Gasteiger partial charge in [0.1, 0.15) is 0 Å². The van der Waals surface area contributed by atoms with Gasteiger partial charge in [0.2, 0.25) is 0 Å². The molecular formula is C17H28N2O2. The highest BCUT2D eigenvalue weighted by Crippen LogP contribution is 2.08. The van der Waals surface area contributed by atoms with Gasteiger partial charge in [-0.1, -0.05) is 43.7 Å². The first-order chi connectivity index (χ1) is 10.0. The maximum atomic E-state index is 10.8. The van der Waals surface area contributed by atoms with E-state index in [-0.39, 0.29) is 6.42 Å². The number of carboxylic acid groups (broad SMARTS) is 1. The molecule has 21 heavy (non-hydrogen) atoms. The summed E-state index contributed by atoms with van der Waals surface area (Å²) in [5.74, 6) is -0.730. The monoisotopic (exact) mass is 292 g/mol. The summed E-state index contributed by atoms with van der Waals surface area (Å²) in [5.41, 5.74) is 2.49. The van der Waals surface area contributed by atoms with Crippen LogP contribution in [0.1, 0.15) is 31.4 Å². The molecule has 0 bridgehead atoms. The fraction of sp³-hybridized carbons (Fsp3) is 0.588. The molecule has 0 saturated heterocycles. The minimum Gasteiger partial charge on any atom is -0.481 e. The number of rotatable bonds is 10. The van der Waals surface area contributed by atoms with E-state index in [0.717, 1.165) is 32.7 Å². The number of hydrogen-bond acceptors (Lipinski definition) is 3. The van der Waals surface area contributed by atoms with Crippen LogP contribution in [0, 0.1) is 6.92 Å². The van der Waals surface area contributed by atoms with Gasteiger partial charge in [0.15, 0.2) is 0 Å². The number of hydrogen-bond donors (Lipinski definition) is 1. The van der Waals surface area contributed by atoms with E-state index < -0.39 is 5.97 Å². The van der Waals surface area contributed by atoms with Crippen LogP contribution in [0.25, 0.3) is 0 Å². The Balaban J connectivity index is 2.58. The van der Waals surface area contributed by atoms with Crippen molar-refractivity contribution in [2.24, 2.45) is 0 Å². The number of likely N-dealkylation sites (N-methyl/N-ethyl adjacent to an activating group) is 1. The van der Waals surface area contributed by atoms with Gasteiger partial charge in [0, 0.05) is 26.2 Å². The maximum Gasteiger partial charge on any atom is 0.304 e. The van der Waals surface area contributed by atoms with Crippen molar-refractivity contribution in [2.45, 2.75) is 33.7 Å². The molecule has 0 aliphatic carbocycles. The number of carbonyl (C=O) groups is 1. The standard InChI is InChI=1S/C17H28N2O2/c1-4-18(5-2)12-13-19(11-10-17(20)21)14-16-8-6-15(3)7-9-16/h6-9H,4-5,10-14H2,1-3H3,(H,20,21). The maximum absolute atomic E-state index is 10.8. The van der Waals surface area contributed by atoms with Crippen LogP contribution in [-0.4, -0.2) is 53.6 Å². The first-order valence-electron chi connectivity index (χ1n) is 7.77. The lowest BCUT2D eigenvalue weighted by molar-refractivity contribution is -0.137. The summed E-state index contributed by atoms with van der Waals surface area (Å²) in [5, 5.41) is 8.90. The fourth-order valence-corrected chi connectivity index (χ4v) is 2.30. The smallest absolute Gasteiger partial charge is 0.304 e. The van der Waals surface area contributed by atoms with E-state index in [4.69, 9.17) is 5.11 Å². The molecule has 0 aliphatic heterocycles. The van der Waals surface area contributed by atoms with Crippen molar-refractivity contribution in [3.8, 4) is 0 Å². The van der Waals surface area contributed by atoms with E-state index in [1.807, 2.05) is 0 Å². The van der Waals surface area contributed by atoms with Gasteiger partial charge in [0.25, 0.3) is 0 Å². The van der Waals surface area contributed by atoms with Crippen LogP contribution in [0.5, 0.6) is 0 Å². The van der Waals surface area contributed by atoms with Crippen molar-refractivity contribution in [3.05, 3.63) is 35.4 Å². The number of aryl methyl sites for hydroxylation is 1. The van der Waals surface area contributed by atoms with Crippen LogP contribution >= 0.6 is 0 Å². The van der Waals surface area contributed by atoms with Gasteiger partial charge in [0.05, 0.1) is 6.42 Å². The molecule has 0 amide bonds. The lowest BCUT2D eigenvalue weighted by Crippen LogP contribution is -2.35. The average molecular weight is 292 g/mol. The summed E-state index contributed by atoms with van der Waals surface area (Å²) in [6, 6.07) is 8.46. The van der Waals surface area contributed by atoms with E-state index in [2.05, 4.69) is 54.8 Å². The van der Waals surface area contributed by atoms with E-state index in [1.165, 1.54) is 11.1 Å². The zero-order valence-electron chi connectivity index (χ0n) is 13.5. The quantitative estimate of drug-likeness (QED) is 0.720. The Labute approximate surface area is 128 Å². The van der Waals surface area contributed by atoms with Crippen LogP contribution in [0.2, 0.25) is 0 Å². The third kappa shape index (κ3) is 7.25. The fourth-order valence-electron chi connectivity index (χ4n) is 2.30. The molecule has 0 spiro atoms. The summed E-state index contributed by atoms with van der Waals surface area (Å²) >= 11 is 0. The average Bonchev–Trinajstić information content (AvgIpc) is 2.47.